The van der Waals surface area contributed by atoms with Crippen molar-refractivity contribution < 1.29 is 14.4 Å². The van der Waals surface area contributed by atoms with Crippen molar-refractivity contribution in [2.24, 2.45) is 11.8 Å². The molecule has 1 saturated carbocycles. The van der Waals surface area contributed by atoms with E-state index in [0.717, 1.165) is 12.0 Å². The summed E-state index contributed by atoms with van der Waals surface area (Å²) in [5, 5.41) is 0. The highest BCUT2D eigenvalue weighted by molar-refractivity contribution is 6.28. The number of barbiturate groups is 1. The number of carbonyl (C=O) groups is 3. The second-order valence-corrected chi connectivity index (χ2v) is 8.25. The molecule has 1 heterocycles. The van der Waals surface area contributed by atoms with Crippen molar-refractivity contribution >= 4 is 17.8 Å². The van der Waals surface area contributed by atoms with Crippen molar-refractivity contribution in [1.82, 2.24) is 9.80 Å². The fourth-order valence-corrected chi connectivity index (χ4v) is 4.08. The first-order chi connectivity index (χ1) is 14.6. The van der Waals surface area contributed by atoms with Gasteiger partial charge in [0.05, 0.1) is 0 Å². The standard InChI is InChI=1S/C25H28N2O3/c1-2-3-9-22-23(28)26(14-12-18-7-5-4-6-8-18)25(30)27(24(22)29)15-13-19-10-11-20-17-21(20)16-19/h4-11,16,20-21H,2-3,12-15,17H2,1H3/b22-9-. The lowest BCUT2D eigenvalue weighted by molar-refractivity contribution is -0.135. The van der Waals surface area contributed by atoms with Crippen LogP contribution < -0.4 is 0 Å². The number of unbranched alkanes of at least 4 members (excludes halogenated alkanes) is 1. The molecule has 2 unspecified atom stereocenters. The Morgan fingerprint density at radius 1 is 0.967 bits per heavy atom. The van der Waals surface area contributed by atoms with Crippen LogP contribution in [-0.4, -0.2) is 40.7 Å². The lowest BCUT2D eigenvalue weighted by Gasteiger charge is -2.34. The summed E-state index contributed by atoms with van der Waals surface area (Å²) in [6.45, 7) is 2.56. The number of hydrogen-bond donors (Lipinski definition) is 0. The molecule has 0 N–H and O–H groups in total. The average molecular weight is 405 g/mol. The third-order valence-corrected chi connectivity index (χ3v) is 6.02. The summed E-state index contributed by atoms with van der Waals surface area (Å²) in [6, 6.07) is 9.26. The molecule has 1 aromatic rings. The summed E-state index contributed by atoms with van der Waals surface area (Å²) in [5.74, 6) is 0.380. The van der Waals surface area contributed by atoms with E-state index in [9.17, 15) is 14.4 Å². The van der Waals surface area contributed by atoms with Crippen LogP contribution in [0.4, 0.5) is 4.79 Å². The van der Waals surface area contributed by atoms with E-state index in [1.165, 1.54) is 21.8 Å². The molecule has 2 aliphatic carbocycles. The van der Waals surface area contributed by atoms with Crippen LogP contribution >= 0.6 is 0 Å². The fraction of sp³-hybridized carbons (Fsp3) is 0.400. The Morgan fingerprint density at radius 2 is 1.67 bits per heavy atom. The molecular formula is C25H28N2O3. The number of rotatable bonds is 8. The Labute approximate surface area is 177 Å². The molecule has 1 aromatic carbocycles. The number of hydrogen-bond acceptors (Lipinski definition) is 3. The Hall–Kier alpha value is -2.95. The van der Waals surface area contributed by atoms with Crippen molar-refractivity contribution in [2.45, 2.75) is 39.0 Å². The minimum atomic E-state index is -0.501. The summed E-state index contributed by atoms with van der Waals surface area (Å²) in [5.41, 5.74) is 2.35. The molecule has 4 rings (SSSR count). The highest BCUT2D eigenvalue weighted by Gasteiger charge is 2.41. The zero-order valence-corrected chi connectivity index (χ0v) is 17.4. The molecule has 5 heteroatoms. The minimum absolute atomic E-state index is 0.125. The van der Waals surface area contributed by atoms with Crippen LogP contribution in [0.3, 0.4) is 0 Å². The molecule has 2 atom stereocenters. The molecule has 5 nitrogen and oxygen atoms in total. The smallest absolute Gasteiger partial charge is 0.268 e. The van der Waals surface area contributed by atoms with Crippen LogP contribution in [0.25, 0.3) is 0 Å². The molecule has 1 saturated heterocycles. The number of benzene rings is 1. The van der Waals surface area contributed by atoms with Gasteiger partial charge in [0.25, 0.3) is 11.8 Å². The van der Waals surface area contributed by atoms with Gasteiger partial charge in [0.2, 0.25) is 0 Å². The summed E-state index contributed by atoms with van der Waals surface area (Å²) < 4.78 is 0. The van der Waals surface area contributed by atoms with E-state index in [4.69, 9.17) is 0 Å². The third-order valence-electron chi connectivity index (χ3n) is 6.02. The molecule has 3 aliphatic rings. The largest absolute Gasteiger partial charge is 0.333 e. The first-order valence-electron chi connectivity index (χ1n) is 10.9. The van der Waals surface area contributed by atoms with Gasteiger partial charge < -0.3 is 0 Å². The van der Waals surface area contributed by atoms with Gasteiger partial charge in [-0.2, -0.15) is 0 Å². The van der Waals surface area contributed by atoms with E-state index in [1.54, 1.807) is 6.08 Å². The maximum absolute atomic E-state index is 13.1. The van der Waals surface area contributed by atoms with E-state index in [-0.39, 0.29) is 12.1 Å². The minimum Gasteiger partial charge on any atom is -0.268 e. The second-order valence-electron chi connectivity index (χ2n) is 8.25. The number of carbonyl (C=O) groups excluding carboxylic acids is 3. The first kappa shape index (κ1) is 20.3. The van der Waals surface area contributed by atoms with Gasteiger partial charge in [-0.1, -0.05) is 73.6 Å². The Bertz CT molecular complexity index is 929. The van der Waals surface area contributed by atoms with Crippen molar-refractivity contribution in [3.05, 3.63) is 71.3 Å². The second kappa shape index (κ2) is 8.82. The quantitative estimate of drug-likeness (QED) is 0.480. The van der Waals surface area contributed by atoms with Crippen LogP contribution in [0, 0.1) is 11.8 Å². The van der Waals surface area contributed by atoms with Crippen LogP contribution in [0.5, 0.6) is 0 Å². The Morgan fingerprint density at radius 3 is 2.33 bits per heavy atom. The number of amides is 4. The summed E-state index contributed by atoms with van der Waals surface area (Å²) in [4.78, 5) is 41.5. The van der Waals surface area contributed by atoms with Gasteiger partial charge in [-0.25, -0.2) is 4.79 Å². The fourth-order valence-electron chi connectivity index (χ4n) is 4.08. The molecule has 30 heavy (non-hydrogen) atoms. The van der Waals surface area contributed by atoms with Gasteiger partial charge >= 0.3 is 6.03 Å². The average Bonchev–Trinajstić information content (AvgIpc) is 3.53. The summed E-state index contributed by atoms with van der Waals surface area (Å²) in [7, 11) is 0. The number of urea groups is 1. The van der Waals surface area contributed by atoms with Gasteiger partial charge in [0.1, 0.15) is 5.57 Å². The monoisotopic (exact) mass is 404 g/mol. The highest BCUT2D eigenvalue weighted by atomic mass is 16.2. The van der Waals surface area contributed by atoms with Gasteiger partial charge in [-0.15, -0.1) is 0 Å². The molecule has 4 amide bonds. The first-order valence-corrected chi connectivity index (χ1v) is 10.9. The predicted molar refractivity (Wildman–Crippen MR) is 115 cm³/mol. The van der Waals surface area contributed by atoms with Gasteiger partial charge in [0.15, 0.2) is 0 Å². The Balaban J connectivity index is 1.50. The zero-order chi connectivity index (χ0) is 21.1. The number of nitrogens with zero attached hydrogens (tertiary/aromatic N) is 2. The van der Waals surface area contributed by atoms with E-state index in [2.05, 4.69) is 18.2 Å². The number of fused-ring (bicyclic) bond motifs is 1. The number of allylic oxidation sites excluding steroid dienone is 4. The molecule has 0 spiro atoms. The van der Waals surface area contributed by atoms with E-state index >= 15 is 0 Å². The topological polar surface area (TPSA) is 57.7 Å². The number of imide groups is 2. The van der Waals surface area contributed by atoms with Crippen LogP contribution in [0.1, 0.15) is 38.2 Å². The van der Waals surface area contributed by atoms with Crippen molar-refractivity contribution in [1.29, 1.82) is 0 Å². The van der Waals surface area contributed by atoms with Crippen LogP contribution in [0.15, 0.2) is 65.8 Å². The van der Waals surface area contributed by atoms with E-state index in [1.807, 2.05) is 37.3 Å². The normalized spacial score (nSPS) is 24.4. The van der Waals surface area contributed by atoms with Crippen LogP contribution in [0.2, 0.25) is 0 Å². The van der Waals surface area contributed by atoms with Crippen molar-refractivity contribution in [2.75, 3.05) is 13.1 Å². The molecule has 0 bridgehead atoms. The van der Waals surface area contributed by atoms with E-state index < -0.39 is 17.8 Å². The lowest BCUT2D eigenvalue weighted by atomic mass is 10.0. The SMILES string of the molecule is CCC/C=C1\C(=O)N(CCC2=CC3CC3C=C2)C(=O)N(CCc2ccccc2)C1=O. The molecule has 1 aliphatic heterocycles. The highest BCUT2D eigenvalue weighted by Crippen LogP contribution is 2.44. The van der Waals surface area contributed by atoms with Gasteiger partial charge in [-0.3, -0.25) is 19.4 Å². The van der Waals surface area contributed by atoms with Gasteiger partial charge in [0, 0.05) is 13.1 Å². The zero-order valence-electron chi connectivity index (χ0n) is 17.4. The van der Waals surface area contributed by atoms with Crippen molar-refractivity contribution in [3.8, 4) is 0 Å². The maximum Gasteiger partial charge on any atom is 0.333 e. The molecule has 0 radical (unpaired) electrons. The predicted octanol–water partition coefficient (Wildman–Crippen LogP) is 4.27. The Kier molecular flexibility index (Phi) is 5.98. The van der Waals surface area contributed by atoms with Crippen molar-refractivity contribution in [3.63, 3.8) is 0 Å². The van der Waals surface area contributed by atoms with Gasteiger partial charge in [-0.05, 0) is 43.1 Å². The summed E-state index contributed by atoms with van der Waals surface area (Å²) in [6.07, 6.45) is 12.1. The lowest BCUT2D eigenvalue weighted by Crippen LogP contribution is -2.57. The maximum atomic E-state index is 13.1. The molecule has 156 valence electrons. The third kappa shape index (κ3) is 4.30. The van der Waals surface area contributed by atoms with Crippen LogP contribution in [-0.2, 0) is 16.0 Å². The molecule has 2 fully saturated rings. The molecule has 0 aromatic heterocycles. The molecular weight excluding hydrogens is 376 g/mol. The van der Waals surface area contributed by atoms with E-state index in [0.29, 0.717) is 37.6 Å². The summed E-state index contributed by atoms with van der Waals surface area (Å²) >= 11 is 0.